The molecule has 0 aliphatic heterocycles. The second-order valence-electron chi connectivity index (χ2n) is 8.64. The summed E-state index contributed by atoms with van der Waals surface area (Å²) in [6.07, 6.45) is 1.69. The first-order valence-electron chi connectivity index (χ1n) is 11.9. The van der Waals surface area contributed by atoms with Gasteiger partial charge in [-0.15, -0.1) is 0 Å². The second-order valence-corrected chi connectivity index (χ2v) is 8.64. The molecule has 2 rings (SSSR count). The van der Waals surface area contributed by atoms with Crippen molar-refractivity contribution < 1.29 is 23.9 Å². The minimum absolute atomic E-state index is 0.0670. The molecule has 8 nitrogen and oxygen atoms in total. The maximum atomic E-state index is 12.4. The fourth-order valence-corrected chi connectivity index (χ4v) is 3.09. The zero-order valence-corrected chi connectivity index (χ0v) is 21.6. The van der Waals surface area contributed by atoms with E-state index in [4.69, 9.17) is 15.2 Å². The molecule has 1 unspecified atom stereocenters. The zero-order valence-electron chi connectivity index (χ0n) is 21.6. The van der Waals surface area contributed by atoms with Crippen LogP contribution in [0.15, 0.2) is 42.5 Å². The molecule has 4 N–H and O–H groups in total. The molecule has 0 aromatic heterocycles. The molecule has 0 heterocycles. The van der Waals surface area contributed by atoms with Gasteiger partial charge in [-0.1, -0.05) is 39.0 Å². The number of ether oxygens (including phenoxy) is 2. The average molecular weight is 486 g/mol. The summed E-state index contributed by atoms with van der Waals surface area (Å²) in [5.41, 5.74) is 8.52. The SMILES string of the molecule is CC.CCc1ccc(OCc2cccc(NC(=O)C(N)CCC(=O)OC(C)(C)C)c2)cc1NC=O. The van der Waals surface area contributed by atoms with Crippen LogP contribution in [0.4, 0.5) is 11.4 Å². The van der Waals surface area contributed by atoms with E-state index in [-0.39, 0.29) is 31.3 Å². The van der Waals surface area contributed by atoms with Crippen molar-refractivity contribution in [2.75, 3.05) is 10.6 Å². The fourth-order valence-electron chi connectivity index (χ4n) is 3.09. The number of benzene rings is 2. The van der Waals surface area contributed by atoms with Crippen LogP contribution in [0.2, 0.25) is 0 Å². The van der Waals surface area contributed by atoms with Gasteiger partial charge in [0.05, 0.1) is 6.04 Å². The lowest BCUT2D eigenvalue weighted by Crippen LogP contribution is -2.36. The van der Waals surface area contributed by atoms with E-state index in [0.717, 1.165) is 17.5 Å². The Balaban J connectivity index is 0.00000298. The van der Waals surface area contributed by atoms with E-state index in [9.17, 15) is 14.4 Å². The average Bonchev–Trinajstić information content (AvgIpc) is 2.82. The Morgan fingerprint density at radius 3 is 2.46 bits per heavy atom. The summed E-state index contributed by atoms with van der Waals surface area (Å²) in [5.74, 6) is -0.144. The van der Waals surface area contributed by atoms with Gasteiger partial charge < -0.3 is 25.8 Å². The molecule has 0 spiro atoms. The summed E-state index contributed by atoms with van der Waals surface area (Å²) in [7, 11) is 0. The van der Waals surface area contributed by atoms with E-state index in [2.05, 4.69) is 10.6 Å². The Morgan fingerprint density at radius 2 is 1.83 bits per heavy atom. The molecule has 2 aromatic carbocycles. The number of rotatable bonds is 11. The fraction of sp³-hybridized carbons (Fsp3) is 0.444. The highest BCUT2D eigenvalue weighted by Crippen LogP contribution is 2.24. The van der Waals surface area contributed by atoms with Gasteiger partial charge in [-0.05, 0) is 62.9 Å². The molecular formula is C27H39N3O5. The summed E-state index contributed by atoms with van der Waals surface area (Å²) in [5, 5.41) is 5.46. The zero-order chi connectivity index (χ0) is 26.4. The van der Waals surface area contributed by atoms with Crippen molar-refractivity contribution in [3.8, 4) is 5.75 Å². The largest absolute Gasteiger partial charge is 0.489 e. The first-order chi connectivity index (χ1) is 16.6. The second kappa shape index (κ2) is 14.8. The smallest absolute Gasteiger partial charge is 0.306 e. The van der Waals surface area contributed by atoms with Gasteiger partial charge in [-0.3, -0.25) is 14.4 Å². The molecule has 0 bridgehead atoms. The number of carbonyl (C=O) groups is 3. The van der Waals surface area contributed by atoms with Gasteiger partial charge >= 0.3 is 5.97 Å². The molecule has 0 aliphatic carbocycles. The summed E-state index contributed by atoms with van der Waals surface area (Å²) in [6.45, 7) is 11.6. The summed E-state index contributed by atoms with van der Waals surface area (Å²) in [4.78, 5) is 35.0. The van der Waals surface area contributed by atoms with Gasteiger partial charge in [0.15, 0.2) is 0 Å². The first kappa shape index (κ1) is 29.6. The molecule has 0 saturated heterocycles. The molecule has 0 saturated carbocycles. The number of nitrogens with one attached hydrogen (secondary N) is 2. The lowest BCUT2D eigenvalue weighted by atomic mass is 10.1. The van der Waals surface area contributed by atoms with Crippen LogP contribution in [0.25, 0.3) is 0 Å². The maximum absolute atomic E-state index is 12.4. The third-order valence-electron chi connectivity index (χ3n) is 4.69. The molecule has 1 atom stereocenters. The van der Waals surface area contributed by atoms with Crippen LogP contribution in [-0.4, -0.2) is 29.9 Å². The van der Waals surface area contributed by atoms with Gasteiger partial charge in [0, 0.05) is 23.9 Å². The Bertz CT molecular complexity index is 970. The quantitative estimate of drug-likeness (QED) is 0.310. The highest BCUT2D eigenvalue weighted by atomic mass is 16.6. The van der Waals surface area contributed by atoms with Gasteiger partial charge in [-0.25, -0.2) is 0 Å². The number of aryl methyl sites for hydroxylation is 1. The van der Waals surface area contributed by atoms with Crippen LogP contribution in [0.5, 0.6) is 5.75 Å². The van der Waals surface area contributed by atoms with E-state index in [1.807, 2.05) is 39.0 Å². The minimum Gasteiger partial charge on any atom is -0.489 e. The van der Waals surface area contributed by atoms with E-state index in [1.165, 1.54) is 0 Å². The standard InChI is InChI=1S/C25H33N3O5.C2H6/c1-5-18-9-10-20(14-22(18)27-16-29)32-15-17-7-6-8-19(13-17)28-24(31)21(26)11-12-23(30)33-25(2,3)4;1-2/h6-10,13-14,16,21H,5,11-12,15,26H2,1-4H3,(H,27,29)(H,28,31);1-2H3. The number of hydrogen-bond acceptors (Lipinski definition) is 6. The van der Waals surface area contributed by atoms with Crippen LogP contribution < -0.4 is 21.1 Å². The molecule has 192 valence electrons. The molecule has 8 heteroatoms. The molecule has 0 fully saturated rings. The van der Waals surface area contributed by atoms with Crippen molar-refractivity contribution >= 4 is 29.7 Å². The van der Waals surface area contributed by atoms with E-state index < -0.39 is 11.6 Å². The predicted octanol–water partition coefficient (Wildman–Crippen LogP) is 4.81. The van der Waals surface area contributed by atoms with Crippen molar-refractivity contribution in [2.24, 2.45) is 5.73 Å². The highest BCUT2D eigenvalue weighted by Gasteiger charge is 2.20. The van der Waals surface area contributed by atoms with Crippen molar-refractivity contribution in [3.05, 3.63) is 53.6 Å². The molecule has 2 aromatic rings. The third-order valence-corrected chi connectivity index (χ3v) is 4.69. The van der Waals surface area contributed by atoms with Crippen LogP contribution in [0, 0.1) is 0 Å². The number of nitrogens with two attached hydrogens (primary N) is 1. The number of hydrogen-bond donors (Lipinski definition) is 3. The molecule has 0 aliphatic rings. The van der Waals surface area contributed by atoms with Crippen LogP contribution >= 0.6 is 0 Å². The van der Waals surface area contributed by atoms with Gasteiger partial charge in [-0.2, -0.15) is 0 Å². The lowest BCUT2D eigenvalue weighted by molar-refractivity contribution is -0.155. The van der Waals surface area contributed by atoms with Crippen molar-refractivity contribution in [2.45, 2.75) is 79.1 Å². The molecular weight excluding hydrogens is 446 g/mol. The van der Waals surface area contributed by atoms with Crippen LogP contribution in [0.1, 0.15) is 65.5 Å². The summed E-state index contributed by atoms with van der Waals surface area (Å²) in [6, 6.07) is 11.9. The number of carbonyl (C=O) groups excluding carboxylic acids is 3. The van der Waals surface area contributed by atoms with Gasteiger partial charge in [0.2, 0.25) is 12.3 Å². The van der Waals surface area contributed by atoms with Gasteiger partial charge in [0.25, 0.3) is 0 Å². The molecule has 35 heavy (non-hydrogen) atoms. The van der Waals surface area contributed by atoms with Gasteiger partial charge in [0.1, 0.15) is 18.0 Å². The Labute approximate surface area is 208 Å². The van der Waals surface area contributed by atoms with E-state index in [1.54, 1.807) is 45.0 Å². The number of esters is 1. The Morgan fingerprint density at radius 1 is 1.11 bits per heavy atom. The molecule has 0 radical (unpaired) electrons. The number of anilines is 2. The summed E-state index contributed by atoms with van der Waals surface area (Å²) >= 11 is 0. The van der Waals surface area contributed by atoms with Crippen LogP contribution in [0.3, 0.4) is 0 Å². The molecule has 2 amide bonds. The maximum Gasteiger partial charge on any atom is 0.306 e. The topological polar surface area (TPSA) is 120 Å². The first-order valence-corrected chi connectivity index (χ1v) is 11.9. The van der Waals surface area contributed by atoms with Crippen molar-refractivity contribution in [1.82, 2.24) is 0 Å². The predicted molar refractivity (Wildman–Crippen MR) is 139 cm³/mol. The Hall–Kier alpha value is -3.39. The lowest BCUT2D eigenvalue weighted by Gasteiger charge is -2.20. The van der Waals surface area contributed by atoms with E-state index >= 15 is 0 Å². The Kier molecular flexibility index (Phi) is 12.5. The van der Waals surface area contributed by atoms with Crippen molar-refractivity contribution in [1.29, 1.82) is 0 Å². The minimum atomic E-state index is -0.835. The summed E-state index contributed by atoms with van der Waals surface area (Å²) < 4.78 is 11.1. The normalized spacial score (nSPS) is 11.4. The van der Waals surface area contributed by atoms with Crippen molar-refractivity contribution in [3.63, 3.8) is 0 Å². The van der Waals surface area contributed by atoms with Crippen LogP contribution in [-0.2, 0) is 32.1 Å². The highest BCUT2D eigenvalue weighted by molar-refractivity contribution is 5.95. The number of amides is 2. The third kappa shape index (κ3) is 11.1. The van der Waals surface area contributed by atoms with E-state index in [0.29, 0.717) is 23.5 Å². The monoisotopic (exact) mass is 485 g/mol.